The second-order valence-corrected chi connectivity index (χ2v) is 7.24. The van der Waals surface area contributed by atoms with Crippen LogP contribution in [0.25, 0.3) is 11.1 Å². The zero-order chi connectivity index (χ0) is 20.6. The maximum absolute atomic E-state index is 12.5. The van der Waals surface area contributed by atoms with Crippen molar-refractivity contribution in [1.29, 1.82) is 0 Å². The van der Waals surface area contributed by atoms with Gasteiger partial charge in [0.25, 0.3) is 5.91 Å². The van der Waals surface area contributed by atoms with Gasteiger partial charge in [-0.05, 0) is 18.6 Å². The van der Waals surface area contributed by atoms with E-state index in [1.54, 1.807) is 13.8 Å². The monoisotopic (exact) mass is 411 g/mol. The van der Waals surface area contributed by atoms with Crippen molar-refractivity contribution in [3.05, 3.63) is 66.3 Å². The van der Waals surface area contributed by atoms with Gasteiger partial charge in [0, 0.05) is 18.2 Å². The van der Waals surface area contributed by atoms with E-state index in [4.69, 9.17) is 9.26 Å². The molecule has 0 saturated heterocycles. The third-order valence-corrected chi connectivity index (χ3v) is 4.87. The van der Waals surface area contributed by atoms with Gasteiger partial charge in [-0.3, -0.25) is 9.59 Å². The summed E-state index contributed by atoms with van der Waals surface area (Å²) in [6.45, 7) is 3.25. The SMILES string of the molecule is Cc1nc(CSCC(=O)OC(C)C(=O)Nc2ccccc2-c2ccccc2)no1. The van der Waals surface area contributed by atoms with E-state index in [0.717, 1.165) is 11.1 Å². The summed E-state index contributed by atoms with van der Waals surface area (Å²) in [6.07, 6.45) is -0.917. The van der Waals surface area contributed by atoms with Gasteiger partial charge in [-0.15, -0.1) is 11.8 Å². The number of hydrogen-bond donors (Lipinski definition) is 1. The molecule has 150 valence electrons. The molecular weight excluding hydrogens is 390 g/mol. The van der Waals surface area contributed by atoms with Gasteiger partial charge < -0.3 is 14.6 Å². The fourth-order valence-corrected chi connectivity index (χ4v) is 3.24. The lowest BCUT2D eigenvalue weighted by Crippen LogP contribution is -2.30. The van der Waals surface area contributed by atoms with E-state index in [-0.39, 0.29) is 11.7 Å². The molecule has 3 aromatic rings. The van der Waals surface area contributed by atoms with Crippen LogP contribution in [0.4, 0.5) is 5.69 Å². The lowest BCUT2D eigenvalue weighted by atomic mass is 10.0. The standard InChI is InChI=1S/C21H21N3O4S/c1-14(27-20(25)13-29-12-19-22-15(2)28-24-19)21(26)23-18-11-7-6-10-17(18)16-8-4-3-5-9-16/h3-11,14H,12-13H2,1-2H3,(H,23,26). The lowest BCUT2D eigenvalue weighted by Gasteiger charge is -2.15. The molecule has 0 fully saturated rings. The molecule has 0 saturated carbocycles. The fourth-order valence-electron chi connectivity index (χ4n) is 2.61. The zero-order valence-electron chi connectivity index (χ0n) is 16.1. The number of rotatable bonds is 8. The summed E-state index contributed by atoms with van der Waals surface area (Å²) in [4.78, 5) is 28.6. The van der Waals surface area contributed by atoms with Crippen molar-refractivity contribution in [1.82, 2.24) is 10.1 Å². The molecule has 0 bridgehead atoms. The van der Waals surface area contributed by atoms with E-state index in [9.17, 15) is 9.59 Å². The van der Waals surface area contributed by atoms with Crippen molar-refractivity contribution in [2.24, 2.45) is 0 Å². The summed E-state index contributed by atoms with van der Waals surface area (Å²) in [7, 11) is 0. The van der Waals surface area contributed by atoms with Crippen LogP contribution in [0, 0.1) is 6.92 Å². The topological polar surface area (TPSA) is 94.3 Å². The molecule has 0 aliphatic rings. The van der Waals surface area contributed by atoms with E-state index in [1.165, 1.54) is 11.8 Å². The molecule has 1 heterocycles. The summed E-state index contributed by atoms with van der Waals surface area (Å²) < 4.78 is 10.1. The smallest absolute Gasteiger partial charge is 0.316 e. The minimum absolute atomic E-state index is 0.0891. The van der Waals surface area contributed by atoms with Crippen molar-refractivity contribution in [2.75, 3.05) is 11.1 Å². The van der Waals surface area contributed by atoms with Crippen molar-refractivity contribution < 1.29 is 18.8 Å². The third-order valence-electron chi connectivity index (χ3n) is 3.97. The number of carbonyl (C=O) groups is 2. The number of anilines is 1. The number of amides is 1. The summed E-state index contributed by atoms with van der Waals surface area (Å²) in [5.41, 5.74) is 2.54. The molecule has 29 heavy (non-hydrogen) atoms. The number of benzene rings is 2. The molecule has 2 aromatic carbocycles. The number of aryl methyl sites for hydroxylation is 1. The first-order valence-electron chi connectivity index (χ1n) is 9.04. The average molecular weight is 411 g/mol. The van der Waals surface area contributed by atoms with E-state index in [0.29, 0.717) is 23.2 Å². The van der Waals surface area contributed by atoms with Crippen molar-refractivity contribution >= 4 is 29.3 Å². The number of ether oxygens (including phenoxy) is 1. The Morgan fingerprint density at radius 3 is 2.59 bits per heavy atom. The summed E-state index contributed by atoms with van der Waals surface area (Å²) in [6, 6.07) is 17.2. The van der Waals surface area contributed by atoms with Gasteiger partial charge in [-0.2, -0.15) is 4.98 Å². The Kier molecular flexibility index (Phi) is 7.02. The summed E-state index contributed by atoms with van der Waals surface area (Å²) in [5.74, 6) is 0.645. The first-order chi connectivity index (χ1) is 14.0. The Morgan fingerprint density at radius 2 is 1.86 bits per heavy atom. The van der Waals surface area contributed by atoms with Gasteiger partial charge in [0.1, 0.15) is 0 Å². The third kappa shape index (κ3) is 5.92. The predicted octanol–water partition coefficient (Wildman–Crippen LogP) is 3.85. The highest BCUT2D eigenvalue weighted by molar-refractivity contribution is 7.99. The van der Waals surface area contributed by atoms with Gasteiger partial charge in [0.2, 0.25) is 5.89 Å². The maximum atomic E-state index is 12.5. The Labute approximate surface area is 172 Å². The molecule has 1 N–H and O–H groups in total. The molecule has 1 unspecified atom stereocenters. The highest BCUT2D eigenvalue weighted by atomic mass is 32.2. The predicted molar refractivity (Wildman–Crippen MR) is 111 cm³/mol. The van der Waals surface area contributed by atoms with Crippen LogP contribution in [0.5, 0.6) is 0 Å². The molecule has 1 aromatic heterocycles. The van der Waals surface area contributed by atoms with Crippen LogP contribution in [0.2, 0.25) is 0 Å². The highest BCUT2D eigenvalue weighted by Gasteiger charge is 2.19. The van der Waals surface area contributed by atoms with Gasteiger partial charge >= 0.3 is 5.97 Å². The Hall–Kier alpha value is -3.13. The van der Waals surface area contributed by atoms with Crippen LogP contribution in [0.3, 0.4) is 0 Å². The number of nitrogens with one attached hydrogen (secondary N) is 1. The number of hydrogen-bond acceptors (Lipinski definition) is 7. The van der Waals surface area contributed by atoms with E-state index in [1.807, 2.05) is 54.6 Å². The molecular formula is C21H21N3O4S. The number of aromatic nitrogens is 2. The van der Waals surface area contributed by atoms with Crippen LogP contribution < -0.4 is 5.32 Å². The Morgan fingerprint density at radius 1 is 1.14 bits per heavy atom. The second-order valence-electron chi connectivity index (χ2n) is 6.26. The normalized spacial score (nSPS) is 11.7. The van der Waals surface area contributed by atoms with Crippen LogP contribution >= 0.6 is 11.8 Å². The van der Waals surface area contributed by atoms with E-state index in [2.05, 4.69) is 15.5 Å². The molecule has 3 rings (SSSR count). The van der Waals surface area contributed by atoms with Gasteiger partial charge in [0.05, 0.1) is 11.5 Å². The lowest BCUT2D eigenvalue weighted by molar-refractivity contribution is -0.150. The van der Waals surface area contributed by atoms with E-state index < -0.39 is 12.1 Å². The summed E-state index contributed by atoms with van der Waals surface area (Å²) in [5, 5.41) is 6.60. The Bertz CT molecular complexity index is 975. The number of carbonyl (C=O) groups excluding carboxylic acids is 2. The van der Waals surface area contributed by atoms with Crippen molar-refractivity contribution in [3.8, 4) is 11.1 Å². The number of nitrogens with zero attached hydrogens (tertiary/aromatic N) is 2. The van der Waals surface area contributed by atoms with E-state index >= 15 is 0 Å². The van der Waals surface area contributed by atoms with Crippen LogP contribution in [-0.2, 0) is 20.1 Å². The molecule has 1 amide bonds. The molecule has 0 aliphatic heterocycles. The first kappa shape index (κ1) is 20.6. The van der Waals surface area contributed by atoms with Gasteiger partial charge in [-0.25, -0.2) is 0 Å². The Balaban J connectivity index is 1.52. The molecule has 1 atom stereocenters. The highest BCUT2D eigenvalue weighted by Crippen LogP contribution is 2.27. The molecule has 0 aliphatic carbocycles. The maximum Gasteiger partial charge on any atom is 0.316 e. The van der Waals surface area contributed by atoms with Gasteiger partial charge in [0.15, 0.2) is 11.9 Å². The molecule has 8 heteroatoms. The van der Waals surface area contributed by atoms with Crippen molar-refractivity contribution in [2.45, 2.75) is 25.7 Å². The first-order valence-corrected chi connectivity index (χ1v) is 10.2. The van der Waals surface area contributed by atoms with Crippen LogP contribution in [-0.4, -0.2) is 33.9 Å². The number of esters is 1. The van der Waals surface area contributed by atoms with Crippen molar-refractivity contribution in [3.63, 3.8) is 0 Å². The largest absolute Gasteiger partial charge is 0.452 e. The van der Waals surface area contributed by atoms with Crippen LogP contribution in [0.1, 0.15) is 18.6 Å². The summed E-state index contributed by atoms with van der Waals surface area (Å²) >= 11 is 1.29. The van der Waals surface area contributed by atoms with Crippen LogP contribution in [0.15, 0.2) is 59.1 Å². The fraction of sp³-hybridized carbons (Fsp3) is 0.238. The zero-order valence-corrected chi connectivity index (χ0v) is 16.9. The minimum atomic E-state index is -0.917. The number of para-hydroxylation sites is 1. The molecule has 7 nitrogen and oxygen atoms in total. The second kappa shape index (κ2) is 9.88. The minimum Gasteiger partial charge on any atom is -0.452 e. The quantitative estimate of drug-likeness (QED) is 0.563. The number of thioether (sulfide) groups is 1. The molecule has 0 spiro atoms. The van der Waals surface area contributed by atoms with Gasteiger partial charge in [-0.1, -0.05) is 53.7 Å². The average Bonchev–Trinajstić information content (AvgIpc) is 3.14. The molecule has 0 radical (unpaired) electrons.